The average Bonchev–Trinajstić information content (AvgIpc) is 2.42. The van der Waals surface area contributed by atoms with Crippen LogP contribution in [0.2, 0.25) is 15.1 Å². The van der Waals surface area contributed by atoms with Crippen LogP contribution in [0.4, 0.5) is 11.4 Å². The molecule has 1 amide bonds. The Bertz CT molecular complexity index is 735. The predicted octanol–water partition coefficient (Wildman–Crippen LogP) is 4.81. The summed E-state index contributed by atoms with van der Waals surface area (Å²) in [7, 11) is 0. The molecule has 1 N–H and O–H groups in total. The number of carbonyl (C=O) groups is 1. The predicted molar refractivity (Wildman–Crippen MR) is 82.5 cm³/mol. The summed E-state index contributed by atoms with van der Waals surface area (Å²) < 4.78 is 0. The Morgan fingerprint density at radius 1 is 1.05 bits per heavy atom. The Kier molecular flexibility index (Phi) is 4.67. The van der Waals surface area contributed by atoms with Gasteiger partial charge in [0, 0.05) is 16.1 Å². The first-order valence-corrected chi connectivity index (χ1v) is 6.72. The normalized spacial score (nSPS) is 10.2. The smallest absolute Gasteiger partial charge is 0.283 e. The van der Waals surface area contributed by atoms with E-state index in [4.69, 9.17) is 34.8 Å². The van der Waals surface area contributed by atoms with Crippen LogP contribution in [0.25, 0.3) is 0 Å². The lowest BCUT2D eigenvalue weighted by molar-refractivity contribution is -0.385. The van der Waals surface area contributed by atoms with E-state index in [0.29, 0.717) is 5.02 Å². The van der Waals surface area contributed by atoms with Crippen LogP contribution in [0, 0.1) is 10.1 Å². The van der Waals surface area contributed by atoms with Crippen molar-refractivity contribution in [3.63, 3.8) is 0 Å². The number of amides is 1. The van der Waals surface area contributed by atoms with Crippen molar-refractivity contribution < 1.29 is 9.72 Å². The summed E-state index contributed by atoms with van der Waals surface area (Å²) in [4.78, 5) is 22.4. The molecular weight excluding hydrogens is 339 g/mol. The Morgan fingerprint density at radius 2 is 1.67 bits per heavy atom. The van der Waals surface area contributed by atoms with Crippen molar-refractivity contribution >= 4 is 52.1 Å². The zero-order valence-electron chi connectivity index (χ0n) is 10.3. The Morgan fingerprint density at radius 3 is 2.33 bits per heavy atom. The fraction of sp³-hybridized carbons (Fsp3) is 0. The van der Waals surface area contributed by atoms with Crippen LogP contribution >= 0.6 is 34.8 Å². The molecule has 2 aromatic rings. The van der Waals surface area contributed by atoms with Gasteiger partial charge >= 0.3 is 0 Å². The molecule has 0 saturated heterocycles. The molecule has 0 spiro atoms. The summed E-state index contributed by atoms with van der Waals surface area (Å²) in [6.07, 6.45) is 0. The number of nitro benzene ring substituents is 1. The van der Waals surface area contributed by atoms with Gasteiger partial charge in [0.1, 0.15) is 5.56 Å². The summed E-state index contributed by atoms with van der Waals surface area (Å²) in [6.45, 7) is 0. The highest BCUT2D eigenvalue weighted by molar-refractivity contribution is 6.36. The molecule has 21 heavy (non-hydrogen) atoms. The minimum atomic E-state index is -0.680. The molecule has 5 nitrogen and oxygen atoms in total. The van der Waals surface area contributed by atoms with Crippen molar-refractivity contribution in [3.8, 4) is 0 Å². The standard InChI is InChI=1S/C13H7Cl3N2O3/c14-7-2-4-10(16)11(5-7)17-13(19)9-3-1-8(15)6-12(9)18(20)21/h1-6H,(H,17,19). The van der Waals surface area contributed by atoms with Gasteiger partial charge in [-0.3, -0.25) is 14.9 Å². The Labute approximate surface area is 134 Å². The van der Waals surface area contributed by atoms with E-state index in [0.717, 1.165) is 6.07 Å². The van der Waals surface area contributed by atoms with Gasteiger partial charge in [-0.2, -0.15) is 0 Å². The Balaban J connectivity index is 2.37. The van der Waals surface area contributed by atoms with E-state index in [1.54, 1.807) is 6.07 Å². The van der Waals surface area contributed by atoms with Gasteiger partial charge in [0.2, 0.25) is 0 Å². The van der Waals surface area contributed by atoms with Gasteiger partial charge in [-0.15, -0.1) is 0 Å². The van der Waals surface area contributed by atoms with Crippen LogP contribution in [0.15, 0.2) is 36.4 Å². The highest BCUT2D eigenvalue weighted by Crippen LogP contribution is 2.28. The molecule has 0 saturated carbocycles. The minimum absolute atomic E-state index is 0.125. The van der Waals surface area contributed by atoms with Gasteiger partial charge in [0.15, 0.2) is 0 Å². The van der Waals surface area contributed by atoms with Crippen LogP contribution in [-0.2, 0) is 0 Å². The molecule has 0 bridgehead atoms. The number of nitrogens with one attached hydrogen (secondary N) is 1. The first-order chi connectivity index (χ1) is 9.88. The molecule has 0 aliphatic rings. The average molecular weight is 346 g/mol. The van der Waals surface area contributed by atoms with Crippen LogP contribution < -0.4 is 5.32 Å². The first kappa shape index (κ1) is 15.6. The van der Waals surface area contributed by atoms with Crippen molar-refractivity contribution in [2.75, 3.05) is 5.32 Å². The third-order valence-corrected chi connectivity index (χ3v) is 3.38. The largest absolute Gasteiger partial charge is 0.320 e. The summed E-state index contributed by atoms with van der Waals surface area (Å²) in [6, 6.07) is 8.29. The maximum Gasteiger partial charge on any atom is 0.283 e. The van der Waals surface area contributed by atoms with Crippen molar-refractivity contribution in [2.24, 2.45) is 0 Å². The van der Waals surface area contributed by atoms with E-state index >= 15 is 0 Å². The molecule has 0 aliphatic heterocycles. The zero-order chi connectivity index (χ0) is 15.6. The van der Waals surface area contributed by atoms with E-state index in [1.807, 2.05) is 0 Å². The second kappa shape index (κ2) is 6.30. The van der Waals surface area contributed by atoms with E-state index in [9.17, 15) is 14.9 Å². The number of rotatable bonds is 3. The molecule has 0 aromatic heterocycles. The van der Waals surface area contributed by atoms with Gasteiger partial charge in [-0.1, -0.05) is 34.8 Å². The molecule has 0 unspecified atom stereocenters. The van der Waals surface area contributed by atoms with Gasteiger partial charge in [-0.05, 0) is 30.3 Å². The minimum Gasteiger partial charge on any atom is -0.320 e. The molecule has 2 aromatic carbocycles. The summed E-state index contributed by atoms with van der Waals surface area (Å²) in [5, 5.41) is 14.3. The molecule has 2 rings (SSSR count). The second-order valence-corrected chi connectivity index (χ2v) is 5.28. The Hall–Kier alpha value is -1.82. The summed E-state index contributed by atoms with van der Waals surface area (Å²) >= 11 is 17.4. The summed E-state index contributed by atoms with van der Waals surface area (Å²) in [5.41, 5.74) is -0.253. The van der Waals surface area contributed by atoms with Crippen molar-refractivity contribution in [1.29, 1.82) is 0 Å². The highest BCUT2D eigenvalue weighted by Gasteiger charge is 2.21. The van der Waals surface area contributed by atoms with Gasteiger partial charge in [-0.25, -0.2) is 0 Å². The number of anilines is 1. The molecule has 0 aliphatic carbocycles. The van der Waals surface area contributed by atoms with Gasteiger partial charge in [0.25, 0.3) is 11.6 Å². The van der Waals surface area contributed by atoms with E-state index < -0.39 is 16.5 Å². The van der Waals surface area contributed by atoms with Crippen LogP contribution in [0.1, 0.15) is 10.4 Å². The van der Waals surface area contributed by atoms with Crippen molar-refractivity contribution in [1.82, 2.24) is 0 Å². The second-order valence-electron chi connectivity index (χ2n) is 4.00. The molecule has 0 atom stereocenters. The number of hydrogen-bond donors (Lipinski definition) is 1. The van der Waals surface area contributed by atoms with Crippen LogP contribution in [-0.4, -0.2) is 10.8 Å². The first-order valence-electron chi connectivity index (χ1n) is 5.59. The fourth-order valence-corrected chi connectivity index (χ4v) is 2.13. The van der Waals surface area contributed by atoms with E-state index in [1.165, 1.54) is 24.3 Å². The lowest BCUT2D eigenvalue weighted by atomic mass is 10.1. The number of nitrogens with zero attached hydrogens (tertiary/aromatic N) is 1. The highest BCUT2D eigenvalue weighted by atomic mass is 35.5. The van der Waals surface area contributed by atoms with Crippen LogP contribution in [0.5, 0.6) is 0 Å². The van der Waals surface area contributed by atoms with Crippen molar-refractivity contribution in [2.45, 2.75) is 0 Å². The monoisotopic (exact) mass is 344 g/mol. The summed E-state index contributed by atoms with van der Waals surface area (Å²) in [5.74, 6) is -0.678. The lowest BCUT2D eigenvalue weighted by Crippen LogP contribution is -2.14. The van der Waals surface area contributed by atoms with E-state index in [2.05, 4.69) is 5.32 Å². The lowest BCUT2D eigenvalue weighted by Gasteiger charge is -2.08. The zero-order valence-corrected chi connectivity index (χ0v) is 12.5. The van der Waals surface area contributed by atoms with Crippen molar-refractivity contribution in [3.05, 3.63) is 67.1 Å². The SMILES string of the molecule is O=C(Nc1cc(Cl)ccc1Cl)c1ccc(Cl)cc1[N+](=O)[O-]. The number of halogens is 3. The number of benzene rings is 2. The number of nitro groups is 1. The molecule has 0 fully saturated rings. The third-order valence-electron chi connectivity index (χ3n) is 2.58. The van der Waals surface area contributed by atoms with Gasteiger partial charge < -0.3 is 5.32 Å². The quantitative estimate of drug-likeness (QED) is 0.641. The molecule has 8 heteroatoms. The van der Waals surface area contributed by atoms with E-state index in [-0.39, 0.29) is 21.3 Å². The molecular formula is C13H7Cl3N2O3. The number of hydrogen-bond acceptors (Lipinski definition) is 3. The maximum absolute atomic E-state index is 12.2. The third kappa shape index (κ3) is 3.64. The molecule has 0 radical (unpaired) electrons. The number of carbonyl (C=O) groups excluding carboxylic acids is 1. The van der Waals surface area contributed by atoms with Gasteiger partial charge in [0.05, 0.1) is 15.6 Å². The molecule has 0 heterocycles. The maximum atomic E-state index is 12.2. The van der Waals surface area contributed by atoms with Crippen LogP contribution in [0.3, 0.4) is 0 Å². The topological polar surface area (TPSA) is 72.2 Å². The fourth-order valence-electron chi connectivity index (χ4n) is 1.63. The molecule has 108 valence electrons.